The molecule has 0 aliphatic heterocycles. The van der Waals surface area contributed by atoms with Gasteiger partial charge in [-0.25, -0.2) is 19.2 Å². The summed E-state index contributed by atoms with van der Waals surface area (Å²) in [5.41, 5.74) is -2.30. The van der Waals surface area contributed by atoms with Gasteiger partial charge >= 0.3 is 23.5 Å². The van der Waals surface area contributed by atoms with E-state index in [1.54, 1.807) is 0 Å². The normalized spacial score (nSPS) is 13.7. The Hall–Kier alpha value is -1.49. The van der Waals surface area contributed by atoms with Crippen LogP contribution in [0.25, 0.3) is 0 Å². The van der Waals surface area contributed by atoms with Gasteiger partial charge in [0.15, 0.2) is 17.2 Å². The lowest BCUT2D eigenvalue weighted by atomic mass is 10.4. The van der Waals surface area contributed by atoms with Crippen molar-refractivity contribution in [1.82, 2.24) is 0 Å². The van der Waals surface area contributed by atoms with Crippen LogP contribution in [0.15, 0.2) is 0 Å². The van der Waals surface area contributed by atoms with Crippen molar-refractivity contribution in [2.45, 2.75) is 51.0 Å². The minimum atomic E-state index is -1.23. The van der Waals surface area contributed by atoms with Gasteiger partial charge in [0.05, 0.1) is 7.11 Å². The van der Waals surface area contributed by atoms with Crippen molar-refractivity contribution in [3.63, 3.8) is 0 Å². The van der Waals surface area contributed by atoms with Crippen LogP contribution < -0.4 is 0 Å². The van der Waals surface area contributed by atoms with Crippen LogP contribution in [0.2, 0.25) is 0 Å². The number of aliphatic hydroxyl groups is 1. The van der Waals surface area contributed by atoms with E-state index in [9.17, 15) is 19.2 Å². The third-order valence-electron chi connectivity index (χ3n) is 1.68. The number of carboxylic acids is 1. The van der Waals surface area contributed by atoms with Crippen LogP contribution >= 0.6 is 34.8 Å². The molecule has 13 heteroatoms. The van der Waals surface area contributed by atoms with Crippen molar-refractivity contribution in [3.05, 3.63) is 0 Å². The first-order chi connectivity index (χ1) is 11.7. The van der Waals surface area contributed by atoms with E-state index in [2.05, 4.69) is 18.9 Å². The highest BCUT2D eigenvalue weighted by molar-refractivity contribution is 6.61. The van der Waals surface area contributed by atoms with Gasteiger partial charge in [0.2, 0.25) is 0 Å². The number of hydrogen-bond donors (Lipinski definition) is 2. The summed E-state index contributed by atoms with van der Waals surface area (Å²) in [5.74, 6) is -1.84. The molecule has 26 heavy (non-hydrogen) atoms. The molecule has 4 atom stereocenters. The number of halogens is 3. The highest BCUT2D eigenvalue weighted by Crippen LogP contribution is 2.02. The lowest BCUT2D eigenvalue weighted by Gasteiger charge is -2.11. The van der Waals surface area contributed by atoms with E-state index in [-0.39, 0.29) is 0 Å². The molecule has 154 valence electrons. The molecule has 0 saturated carbocycles. The molecule has 2 N–H and O–H groups in total. The Bertz CT molecular complexity index is 440. The summed E-state index contributed by atoms with van der Waals surface area (Å²) < 4.78 is 17.4. The Labute approximate surface area is 165 Å². The van der Waals surface area contributed by atoms with Crippen LogP contribution in [0.4, 0.5) is 9.59 Å². The van der Waals surface area contributed by atoms with E-state index in [4.69, 9.17) is 45.0 Å². The van der Waals surface area contributed by atoms with Crippen LogP contribution in [-0.2, 0) is 28.5 Å². The minimum absolute atomic E-state index is 0.634. The highest BCUT2D eigenvalue weighted by atomic mass is 35.5. The molecule has 0 spiro atoms. The number of aliphatic hydroxyl groups excluding tert-OH is 1. The number of carbonyl (C=O) groups excluding carboxylic acids is 3. The van der Waals surface area contributed by atoms with Gasteiger partial charge in [-0.05, 0) is 27.7 Å². The zero-order chi connectivity index (χ0) is 21.4. The van der Waals surface area contributed by atoms with Crippen molar-refractivity contribution in [2.75, 3.05) is 7.11 Å². The lowest BCUT2D eigenvalue weighted by molar-refractivity contribution is -0.151. The van der Waals surface area contributed by atoms with E-state index < -0.39 is 46.9 Å². The molecule has 0 bridgehead atoms. The second-order valence-corrected chi connectivity index (χ2v) is 5.64. The molecule has 10 nitrogen and oxygen atoms in total. The van der Waals surface area contributed by atoms with Crippen LogP contribution in [0.3, 0.4) is 0 Å². The zero-order valence-electron chi connectivity index (χ0n) is 14.6. The maximum absolute atomic E-state index is 10.7. The van der Waals surface area contributed by atoms with Gasteiger partial charge < -0.3 is 29.2 Å². The molecule has 0 aliphatic rings. The summed E-state index contributed by atoms with van der Waals surface area (Å²) in [5, 5.41) is 15.8. The van der Waals surface area contributed by atoms with E-state index in [0.717, 1.165) is 0 Å². The standard InChI is InChI=1S/C7H11ClO5.C3H4Cl2O2.C3H6O3/c1-4(6(9)11-3)12-7(10)13-5(2)8;1-2(4)7-3(5)6;1-2(4)3(5)6/h4-5H,1-3H3;2H,1H3;2,4H,1H3,(H,5,6)/t4-,5?;;2-/m1.1/s1. The molecule has 0 rings (SSSR count). The van der Waals surface area contributed by atoms with E-state index in [1.807, 2.05) is 0 Å². The van der Waals surface area contributed by atoms with Gasteiger partial charge in [0.25, 0.3) is 0 Å². The quantitative estimate of drug-likeness (QED) is 0.281. The van der Waals surface area contributed by atoms with Gasteiger partial charge in [-0.3, -0.25) is 0 Å². The fraction of sp³-hybridized carbons (Fsp3) is 0.692. The number of hydrogen-bond acceptors (Lipinski definition) is 9. The number of aliphatic carboxylic acids is 1. The SMILES string of the molecule is CC(Cl)OC(=O)Cl.COC(=O)[C@@H](C)OC(=O)OC(C)Cl.C[C@@H](O)C(=O)O. The van der Waals surface area contributed by atoms with Crippen molar-refractivity contribution < 1.29 is 48.3 Å². The molecule has 0 aromatic rings. The van der Waals surface area contributed by atoms with Crippen molar-refractivity contribution in [3.8, 4) is 0 Å². The fourth-order valence-corrected chi connectivity index (χ4v) is 0.979. The maximum atomic E-state index is 10.7. The predicted molar refractivity (Wildman–Crippen MR) is 91.3 cm³/mol. The smallest absolute Gasteiger partial charge is 0.479 e. The maximum Gasteiger partial charge on any atom is 0.510 e. The Morgan fingerprint density at radius 1 is 0.885 bits per heavy atom. The number of ether oxygens (including phenoxy) is 4. The minimum Gasteiger partial charge on any atom is -0.479 e. The average molecular weight is 444 g/mol. The molecular formula is C13H21Cl3O10. The molecule has 0 heterocycles. The van der Waals surface area contributed by atoms with Crippen molar-refractivity contribution in [2.24, 2.45) is 0 Å². The third-order valence-corrected chi connectivity index (χ3v) is 1.94. The molecule has 0 aromatic heterocycles. The molecular weight excluding hydrogens is 422 g/mol. The number of esters is 1. The fourth-order valence-electron chi connectivity index (χ4n) is 0.646. The van der Waals surface area contributed by atoms with Gasteiger partial charge in [0, 0.05) is 11.6 Å². The second kappa shape index (κ2) is 17.0. The molecule has 0 amide bonds. The molecule has 0 fully saturated rings. The van der Waals surface area contributed by atoms with E-state index in [1.165, 1.54) is 34.8 Å². The zero-order valence-corrected chi connectivity index (χ0v) is 16.9. The molecule has 0 saturated heterocycles. The Morgan fingerprint density at radius 2 is 1.27 bits per heavy atom. The lowest BCUT2D eigenvalue weighted by Crippen LogP contribution is -2.26. The van der Waals surface area contributed by atoms with E-state index in [0.29, 0.717) is 0 Å². The average Bonchev–Trinajstić information content (AvgIpc) is 2.44. The first-order valence-corrected chi connectivity index (χ1v) is 7.99. The third kappa shape index (κ3) is 24.8. The Morgan fingerprint density at radius 3 is 1.46 bits per heavy atom. The van der Waals surface area contributed by atoms with Gasteiger partial charge in [-0.1, -0.05) is 23.2 Å². The molecule has 0 aromatic carbocycles. The van der Waals surface area contributed by atoms with Crippen LogP contribution in [0.5, 0.6) is 0 Å². The van der Waals surface area contributed by atoms with Crippen LogP contribution in [0, 0.1) is 0 Å². The summed E-state index contributed by atoms with van der Waals surface area (Å²) in [6.07, 6.45) is -3.22. The summed E-state index contributed by atoms with van der Waals surface area (Å²) in [7, 11) is 1.19. The number of rotatable bonds is 5. The number of alkyl halides is 2. The summed E-state index contributed by atoms with van der Waals surface area (Å²) in [4.78, 5) is 40.7. The van der Waals surface area contributed by atoms with E-state index >= 15 is 0 Å². The van der Waals surface area contributed by atoms with Crippen molar-refractivity contribution in [1.29, 1.82) is 0 Å². The monoisotopic (exact) mass is 442 g/mol. The molecule has 2 unspecified atom stereocenters. The summed E-state index contributed by atoms with van der Waals surface area (Å²) in [6.45, 7) is 5.52. The largest absolute Gasteiger partial charge is 0.510 e. The number of carboxylic acid groups (broad SMARTS) is 1. The number of carbonyl (C=O) groups is 4. The number of methoxy groups -OCH3 is 1. The second-order valence-electron chi connectivity index (χ2n) is 4.11. The van der Waals surface area contributed by atoms with Gasteiger partial charge in [0.1, 0.15) is 6.10 Å². The molecule has 0 radical (unpaired) electrons. The Balaban J connectivity index is -0.000000342. The Kier molecular flexibility index (Phi) is 19.1. The summed E-state index contributed by atoms with van der Waals surface area (Å²) >= 11 is 15.2. The molecule has 0 aliphatic carbocycles. The predicted octanol–water partition coefficient (Wildman–Crippen LogP) is 2.68. The summed E-state index contributed by atoms with van der Waals surface area (Å²) in [6, 6.07) is 0. The van der Waals surface area contributed by atoms with Gasteiger partial charge in [-0.2, -0.15) is 0 Å². The van der Waals surface area contributed by atoms with Crippen LogP contribution in [0.1, 0.15) is 27.7 Å². The first-order valence-electron chi connectivity index (χ1n) is 6.74. The van der Waals surface area contributed by atoms with Crippen molar-refractivity contribution >= 4 is 58.3 Å². The van der Waals surface area contributed by atoms with Crippen LogP contribution in [-0.4, -0.2) is 64.2 Å². The van der Waals surface area contributed by atoms with Gasteiger partial charge in [-0.15, -0.1) is 0 Å². The first kappa shape index (κ1) is 29.3. The topological polar surface area (TPSA) is 146 Å². The highest BCUT2D eigenvalue weighted by Gasteiger charge is 2.19.